The van der Waals surface area contributed by atoms with E-state index in [2.05, 4.69) is 23.4 Å². The van der Waals surface area contributed by atoms with Crippen LogP contribution in [0.25, 0.3) is 0 Å². The minimum Gasteiger partial charge on any atom is -0.343 e. The summed E-state index contributed by atoms with van der Waals surface area (Å²) >= 11 is 0. The van der Waals surface area contributed by atoms with E-state index in [-0.39, 0.29) is 5.91 Å². The molecule has 1 aliphatic heterocycles. The number of aromatic nitrogens is 2. The summed E-state index contributed by atoms with van der Waals surface area (Å²) in [5.74, 6) is 0.282. The van der Waals surface area contributed by atoms with Gasteiger partial charge in [0.15, 0.2) is 0 Å². The van der Waals surface area contributed by atoms with E-state index in [1.807, 2.05) is 16.6 Å². The number of likely N-dealkylation sites (tertiary alicyclic amines) is 1. The van der Waals surface area contributed by atoms with Crippen LogP contribution in [0.2, 0.25) is 0 Å². The van der Waals surface area contributed by atoms with Gasteiger partial charge in [0.2, 0.25) is 5.91 Å². The monoisotopic (exact) mass is 264 g/mol. The predicted octanol–water partition coefficient (Wildman–Crippen LogP) is 1.08. The van der Waals surface area contributed by atoms with Gasteiger partial charge in [-0.2, -0.15) is 5.10 Å². The van der Waals surface area contributed by atoms with Crippen molar-refractivity contribution >= 4 is 5.91 Å². The van der Waals surface area contributed by atoms with Crippen LogP contribution < -0.4 is 5.32 Å². The van der Waals surface area contributed by atoms with Crippen LogP contribution in [-0.4, -0.2) is 40.2 Å². The topological polar surface area (TPSA) is 50.2 Å². The van der Waals surface area contributed by atoms with Crippen LogP contribution in [0.5, 0.6) is 0 Å². The lowest BCUT2D eigenvalue weighted by atomic mass is 10.3. The number of carbonyl (C=O) groups is 1. The highest BCUT2D eigenvalue weighted by molar-refractivity contribution is 5.76. The fourth-order valence-corrected chi connectivity index (χ4v) is 2.45. The molecule has 1 aromatic heterocycles. The molecule has 0 aliphatic carbocycles. The lowest BCUT2D eigenvalue weighted by molar-refractivity contribution is -0.130. The summed E-state index contributed by atoms with van der Waals surface area (Å²) < 4.78 is 1.91. The molecule has 0 unspecified atom stereocenters. The molecular weight excluding hydrogens is 240 g/mol. The first-order valence-corrected chi connectivity index (χ1v) is 7.21. The maximum atomic E-state index is 11.8. The molecule has 1 N–H and O–H groups in total. The smallest absolute Gasteiger partial charge is 0.223 e. The molecule has 0 spiro atoms. The summed E-state index contributed by atoms with van der Waals surface area (Å²) in [5, 5.41) is 7.73. The number of nitrogens with one attached hydrogen (secondary N) is 1. The number of aryl methyl sites for hydroxylation is 2. The third-order valence-electron chi connectivity index (χ3n) is 3.67. The van der Waals surface area contributed by atoms with Gasteiger partial charge >= 0.3 is 0 Å². The zero-order chi connectivity index (χ0) is 13.7. The summed E-state index contributed by atoms with van der Waals surface area (Å²) in [4.78, 5) is 13.8. The van der Waals surface area contributed by atoms with Crippen molar-refractivity contribution in [3.63, 3.8) is 0 Å². The van der Waals surface area contributed by atoms with Gasteiger partial charge in [-0.3, -0.25) is 9.48 Å². The second kappa shape index (κ2) is 6.70. The number of nitrogens with zero attached hydrogens (tertiary/aromatic N) is 3. The molecule has 1 fully saturated rings. The van der Waals surface area contributed by atoms with E-state index in [1.54, 1.807) is 0 Å². The van der Waals surface area contributed by atoms with Crippen molar-refractivity contribution in [3.05, 3.63) is 17.5 Å². The third-order valence-corrected chi connectivity index (χ3v) is 3.67. The second-order valence-corrected chi connectivity index (χ2v) is 5.12. The molecule has 0 saturated carbocycles. The Hall–Kier alpha value is -1.36. The van der Waals surface area contributed by atoms with E-state index in [0.29, 0.717) is 6.42 Å². The SMILES string of the molecule is CCc1cc(CNCCC(=O)N2CCCC2)n(C)n1. The molecule has 19 heavy (non-hydrogen) atoms. The minimum absolute atomic E-state index is 0.282. The van der Waals surface area contributed by atoms with Crippen LogP contribution >= 0.6 is 0 Å². The summed E-state index contributed by atoms with van der Waals surface area (Å²) in [6, 6.07) is 2.12. The van der Waals surface area contributed by atoms with Crippen molar-refractivity contribution in [2.24, 2.45) is 7.05 Å². The molecule has 1 aromatic rings. The van der Waals surface area contributed by atoms with Gasteiger partial charge in [-0.05, 0) is 25.3 Å². The van der Waals surface area contributed by atoms with Gasteiger partial charge in [0.05, 0.1) is 11.4 Å². The molecule has 0 radical (unpaired) electrons. The zero-order valence-corrected chi connectivity index (χ0v) is 12.0. The Morgan fingerprint density at radius 3 is 2.79 bits per heavy atom. The molecule has 1 saturated heterocycles. The van der Waals surface area contributed by atoms with Crippen LogP contribution in [-0.2, 0) is 24.8 Å². The maximum absolute atomic E-state index is 11.8. The Bertz CT molecular complexity index is 421. The van der Waals surface area contributed by atoms with E-state index in [1.165, 1.54) is 5.69 Å². The van der Waals surface area contributed by atoms with Crippen LogP contribution in [0.3, 0.4) is 0 Å². The van der Waals surface area contributed by atoms with Gasteiger partial charge in [-0.1, -0.05) is 6.92 Å². The second-order valence-electron chi connectivity index (χ2n) is 5.12. The quantitative estimate of drug-likeness (QED) is 0.782. The molecule has 2 heterocycles. The Balaban J connectivity index is 1.68. The van der Waals surface area contributed by atoms with E-state index >= 15 is 0 Å². The molecule has 0 aromatic carbocycles. The van der Waals surface area contributed by atoms with Gasteiger partial charge in [0.1, 0.15) is 0 Å². The largest absolute Gasteiger partial charge is 0.343 e. The highest BCUT2D eigenvalue weighted by Gasteiger charge is 2.16. The van der Waals surface area contributed by atoms with E-state index in [0.717, 1.165) is 51.1 Å². The van der Waals surface area contributed by atoms with Gasteiger partial charge in [-0.15, -0.1) is 0 Å². The Kier molecular flexibility index (Phi) is 4.96. The summed E-state index contributed by atoms with van der Waals surface area (Å²) in [5.41, 5.74) is 2.29. The average molecular weight is 264 g/mol. The zero-order valence-electron chi connectivity index (χ0n) is 12.0. The van der Waals surface area contributed by atoms with Crippen molar-refractivity contribution in [2.75, 3.05) is 19.6 Å². The molecule has 0 bridgehead atoms. The lowest BCUT2D eigenvalue weighted by Gasteiger charge is -2.15. The van der Waals surface area contributed by atoms with Gasteiger partial charge in [0, 0.05) is 39.6 Å². The summed E-state index contributed by atoms with van der Waals surface area (Å²) in [6.07, 6.45) is 3.88. The van der Waals surface area contributed by atoms with Crippen LogP contribution in [0, 0.1) is 0 Å². The minimum atomic E-state index is 0.282. The molecule has 5 nitrogen and oxygen atoms in total. The van der Waals surface area contributed by atoms with Gasteiger partial charge in [0.25, 0.3) is 0 Å². The average Bonchev–Trinajstić information content (AvgIpc) is 3.04. The van der Waals surface area contributed by atoms with E-state index in [4.69, 9.17) is 0 Å². The number of hydrogen-bond acceptors (Lipinski definition) is 3. The van der Waals surface area contributed by atoms with Crippen molar-refractivity contribution in [1.29, 1.82) is 0 Å². The molecule has 2 rings (SSSR count). The first-order valence-electron chi connectivity index (χ1n) is 7.21. The third kappa shape index (κ3) is 3.80. The predicted molar refractivity (Wildman–Crippen MR) is 74.7 cm³/mol. The first kappa shape index (κ1) is 14.1. The number of hydrogen-bond donors (Lipinski definition) is 1. The van der Waals surface area contributed by atoms with Crippen molar-refractivity contribution in [2.45, 2.75) is 39.2 Å². The normalized spacial score (nSPS) is 15.2. The van der Waals surface area contributed by atoms with Gasteiger partial charge in [-0.25, -0.2) is 0 Å². The molecule has 106 valence electrons. The maximum Gasteiger partial charge on any atom is 0.223 e. The lowest BCUT2D eigenvalue weighted by Crippen LogP contribution is -2.30. The van der Waals surface area contributed by atoms with E-state index in [9.17, 15) is 4.79 Å². The molecule has 1 aliphatic rings. The fraction of sp³-hybridized carbons (Fsp3) is 0.714. The van der Waals surface area contributed by atoms with E-state index < -0.39 is 0 Å². The van der Waals surface area contributed by atoms with Crippen LogP contribution in [0.4, 0.5) is 0 Å². The van der Waals surface area contributed by atoms with Crippen molar-refractivity contribution < 1.29 is 4.79 Å². The van der Waals surface area contributed by atoms with Crippen LogP contribution in [0.15, 0.2) is 6.07 Å². The molecule has 1 amide bonds. The number of carbonyl (C=O) groups excluding carboxylic acids is 1. The highest BCUT2D eigenvalue weighted by atomic mass is 16.2. The summed E-state index contributed by atoms with van der Waals surface area (Å²) in [7, 11) is 1.96. The van der Waals surface area contributed by atoms with Crippen LogP contribution in [0.1, 0.15) is 37.6 Å². The number of rotatable bonds is 6. The fourth-order valence-electron chi connectivity index (χ4n) is 2.45. The molecule has 5 heteroatoms. The standard InChI is InChI=1S/C14H24N4O/c1-3-12-10-13(17(2)16-12)11-15-7-6-14(19)18-8-4-5-9-18/h10,15H,3-9,11H2,1-2H3. The highest BCUT2D eigenvalue weighted by Crippen LogP contribution is 2.08. The Morgan fingerprint density at radius 1 is 1.42 bits per heavy atom. The number of amides is 1. The van der Waals surface area contributed by atoms with Gasteiger partial charge < -0.3 is 10.2 Å². The Morgan fingerprint density at radius 2 is 2.16 bits per heavy atom. The van der Waals surface area contributed by atoms with Crippen molar-refractivity contribution in [1.82, 2.24) is 20.0 Å². The molecular formula is C14H24N4O. The van der Waals surface area contributed by atoms with Crippen molar-refractivity contribution in [3.8, 4) is 0 Å². The first-order chi connectivity index (χ1) is 9.20. The summed E-state index contributed by atoms with van der Waals surface area (Å²) in [6.45, 7) is 5.51. The molecule has 0 atom stereocenters. The Labute approximate surface area is 115 Å².